The highest BCUT2D eigenvalue weighted by Crippen LogP contribution is 2.28. The minimum atomic E-state index is -0.288. The number of hydrogen-bond acceptors (Lipinski definition) is 6. The van der Waals surface area contributed by atoms with E-state index in [0.717, 1.165) is 22.8 Å². The Hall–Kier alpha value is -3.56. The first-order chi connectivity index (χ1) is 19.1. The smallest absolute Gasteiger partial charge is 0.258 e. The van der Waals surface area contributed by atoms with E-state index in [1.165, 1.54) is 0 Å². The summed E-state index contributed by atoms with van der Waals surface area (Å²) in [6.45, 7) is 25.1. The number of nitrogens with one attached hydrogen (secondary N) is 2. The molecule has 0 saturated heterocycles. The molecule has 0 spiro atoms. The van der Waals surface area contributed by atoms with Gasteiger partial charge in [0, 0.05) is 51.4 Å². The van der Waals surface area contributed by atoms with E-state index >= 15 is 0 Å². The Balaban J connectivity index is 0. The maximum atomic E-state index is 11.7. The number of aliphatic hydroxyl groups is 2. The normalized spacial score (nSPS) is 12.6. The van der Waals surface area contributed by atoms with Crippen LogP contribution in [0.3, 0.4) is 0 Å². The van der Waals surface area contributed by atoms with Crippen molar-refractivity contribution in [1.82, 2.24) is 29.7 Å². The quantitative estimate of drug-likeness (QED) is 0.358. The van der Waals surface area contributed by atoms with E-state index in [1.807, 2.05) is 92.2 Å². The number of carbonyl (C=O) groups is 2. The molecule has 0 radical (unpaired) electrons. The van der Waals surface area contributed by atoms with Crippen LogP contribution in [0.1, 0.15) is 103 Å². The molecule has 4 N–H and O–H groups in total. The minimum absolute atomic E-state index is 0.122. The number of amides is 2. The summed E-state index contributed by atoms with van der Waals surface area (Å²) >= 11 is 0. The molecule has 0 atom stereocenters. The molecule has 0 unspecified atom stereocenters. The van der Waals surface area contributed by atoms with Crippen molar-refractivity contribution in [2.24, 2.45) is 0 Å². The van der Waals surface area contributed by atoms with Gasteiger partial charge in [0.05, 0.1) is 11.4 Å². The molecule has 228 valence electrons. The van der Waals surface area contributed by atoms with E-state index in [1.54, 1.807) is 14.1 Å². The van der Waals surface area contributed by atoms with Gasteiger partial charge in [0.25, 0.3) is 11.8 Å². The monoisotopic (exact) mass is 562 g/mol. The van der Waals surface area contributed by atoms with Crippen LogP contribution in [0.25, 0.3) is 11.1 Å². The highest BCUT2D eigenvalue weighted by molar-refractivity contribution is 6.19. The Morgan fingerprint density at radius 1 is 0.625 bits per heavy atom. The zero-order chi connectivity index (χ0) is 31.7. The molecule has 4 rings (SSSR count). The van der Waals surface area contributed by atoms with Crippen LogP contribution in [0.4, 0.5) is 0 Å². The molecule has 40 heavy (non-hydrogen) atoms. The number of likely N-dealkylation sites (N-methyl/N-ethyl adjacent to an activating group) is 2. The fraction of sp³-hybridized carbons (Fsp3) is 0.600. The van der Waals surface area contributed by atoms with Crippen molar-refractivity contribution in [3.05, 3.63) is 45.9 Å². The average Bonchev–Trinajstić information content (AvgIpc) is 3.45. The third kappa shape index (κ3) is 8.72. The van der Waals surface area contributed by atoms with Crippen molar-refractivity contribution in [3.63, 3.8) is 0 Å². The molecule has 10 heteroatoms. The van der Waals surface area contributed by atoms with Crippen LogP contribution in [0.5, 0.6) is 0 Å². The van der Waals surface area contributed by atoms with Crippen LogP contribution < -0.4 is 10.6 Å². The lowest BCUT2D eigenvalue weighted by Crippen LogP contribution is -2.25. The maximum Gasteiger partial charge on any atom is 0.258 e. The Kier molecular flexibility index (Phi) is 18.8. The number of nitrogens with zero attached hydrogens (tertiary/aromatic N) is 4. The van der Waals surface area contributed by atoms with Gasteiger partial charge in [0.1, 0.15) is 34.3 Å². The summed E-state index contributed by atoms with van der Waals surface area (Å²) in [7, 11) is 3.09. The van der Waals surface area contributed by atoms with E-state index in [4.69, 9.17) is 0 Å². The van der Waals surface area contributed by atoms with Crippen LogP contribution in [0.2, 0.25) is 0 Å². The van der Waals surface area contributed by atoms with Crippen LogP contribution in [-0.2, 0) is 22.7 Å². The first kappa shape index (κ1) is 38.6. The maximum absolute atomic E-state index is 11.7. The number of hydrogen-bond donors (Lipinski definition) is 4. The van der Waals surface area contributed by atoms with E-state index in [0.29, 0.717) is 48.7 Å². The van der Waals surface area contributed by atoms with E-state index in [-0.39, 0.29) is 23.3 Å². The SMILES string of the molecule is CC.CC.CC.CC.CNC(=O)C1=C(O)CCn2c1nc(C)c2C.CNC(=O)C1=C(O)CCn2c1nc(C)c2C. The standard InChI is InChI=1S/2C11H15N3O2.4C2H6/c2*1-6-7(2)14-5-4-8(15)9(10(14)13-6)11(16)12-3;4*1-2/h2*15H,4-5H2,1-3H3,(H,12,16);4*1-2H3. The molecule has 0 bridgehead atoms. The van der Waals surface area contributed by atoms with E-state index < -0.39 is 0 Å². The second kappa shape index (κ2) is 19.5. The third-order valence-electron chi connectivity index (χ3n) is 5.99. The van der Waals surface area contributed by atoms with Gasteiger partial charge in [-0.15, -0.1) is 0 Å². The van der Waals surface area contributed by atoms with Crippen molar-refractivity contribution < 1.29 is 19.8 Å². The van der Waals surface area contributed by atoms with Crippen molar-refractivity contribution in [2.45, 2.75) is 109 Å². The summed E-state index contributed by atoms with van der Waals surface area (Å²) in [5.74, 6) is 0.803. The summed E-state index contributed by atoms with van der Waals surface area (Å²) in [4.78, 5) is 32.0. The molecule has 0 fully saturated rings. The van der Waals surface area contributed by atoms with Gasteiger partial charge in [-0.3, -0.25) is 9.59 Å². The van der Waals surface area contributed by atoms with Gasteiger partial charge in [-0.05, 0) is 27.7 Å². The fourth-order valence-electron chi connectivity index (χ4n) is 3.90. The molecule has 0 saturated carbocycles. The van der Waals surface area contributed by atoms with Gasteiger partial charge in [0.2, 0.25) is 0 Å². The van der Waals surface area contributed by atoms with Gasteiger partial charge >= 0.3 is 0 Å². The summed E-state index contributed by atoms with van der Waals surface area (Å²) in [5.41, 5.74) is 4.47. The first-order valence-electron chi connectivity index (χ1n) is 14.5. The largest absolute Gasteiger partial charge is 0.511 e. The molecule has 2 aliphatic heterocycles. The molecule has 2 aromatic heterocycles. The van der Waals surface area contributed by atoms with Crippen LogP contribution >= 0.6 is 0 Å². The predicted molar refractivity (Wildman–Crippen MR) is 165 cm³/mol. The lowest BCUT2D eigenvalue weighted by molar-refractivity contribution is -0.116. The molecule has 4 heterocycles. The number of rotatable bonds is 2. The molecule has 2 aliphatic rings. The second-order valence-electron chi connectivity index (χ2n) is 7.82. The molecule has 0 aromatic carbocycles. The number of carbonyl (C=O) groups excluding carboxylic acids is 2. The number of fused-ring (bicyclic) bond motifs is 2. The van der Waals surface area contributed by atoms with Crippen molar-refractivity contribution in [3.8, 4) is 0 Å². The van der Waals surface area contributed by atoms with Crippen molar-refractivity contribution >= 4 is 23.0 Å². The molecule has 10 nitrogen and oxygen atoms in total. The summed E-state index contributed by atoms with van der Waals surface area (Å²) in [6, 6.07) is 0. The highest BCUT2D eigenvalue weighted by Gasteiger charge is 2.28. The lowest BCUT2D eigenvalue weighted by atomic mass is 10.1. The van der Waals surface area contributed by atoms with Crippen molar-refractivity contribution in [1.29, 1.82) is 0 Å². The minimum Gasteiger partial charge on any atom is -0.511 e. The third-order valence-corrected chi connectivity index (χ3v) is 5.99. The highest BCUT2D eigenvalue weighted by atomic mass is 16.3. The number of aliphatic hydroxyl groups excluding tert-OH is 2. The second-order valence-corrected chi connectivity index (χ2v) is 7.82. The summed E-state index contributed by atoms with van der Waals surface area (Å²) < 4.78 is 3.94. The number of allylic oxidation sites excluding steroid dienone is 2. The van der Waals surface area contributed by atoms with Gasteiger partial charge in [-0.2, -0.15) is 0 Å². The Morgan fingerprint density at radius 3 is 1.15 bits per heavy atom. The lowest BCUT2D eigenvalue weighted by Gasteiger charge is -2.18. The summed E-state index contributed by atoms with van der Waals surface area (Å²) in [5, 5.41) is 24.6. The molecule has 2 aromatic rings. The van der Waals surface area contributed by atoms with Gasteiger partial charge in [-0.25, -0.2) is 9.97 Å². The zero-order valence-electron chi connectivity index (χ0n) is 27.3. The number of aromatic nitrogens is 4. The van der Waals surface area contributed by atoms with Gasteiger partial charge in [-0.1, -0.05) is 55.4 Å². The predicted octanol–water partition coefficient (Wildman–Crippen LogP) is 5.94. The molecule has 2 amide bonds. The van der Waals surface area contributed by atoms with E-state index in [2.05, 4.69) is 20.6 Å². The molecule has 0 aliphatic carbocycles. The number of aryl methyl sites for hydroxylation is 2. The first-order valence-corrected chi connectivity index (χ1v) is 14.5. The number of imidazole rings is 2. The van der Waals surface area contributed by atoms with Crippen LogP contribution in [0.15, 0.2) is 11.5 Å². The Bertz CT molecular complexity index is 1070. The molecular weight excluding hydrogens is 508 g/mol. The Morgan fingerprint density at radius 2 is 0.900 bits per heavy atom. The summed E-state index contributed by atoms with van der Waals surface area (Å²) in [6.07, 6.45) is 0.957. The average molecular weight is 563 g/mol. The molecular formula is C30H54N6O4. The topological polar surface area (TPSA) is 134 Å². The van der Waals surface area contributed by atoms with Crippen molar-refractivity contribution in [2.75, 3.05) is 14.1 Å². The van der Waals surface area contributed by atoms with Gasteiger partial charge < -0.3 is 30.0 Å². The van der Waals surface area contributed by atoms with Gasteiger partial charge in [0.15, 0.2) is 0 Å². The van der Waals surface area contributed by atoms with E-state index in [9.17, 15) is 19.8 Å². The Labute approximate surface area is 241 Å². The van der Waals surface area contributed by atoms with Crippen LogP contribution in [0, 0.1) is 27.7 Å². The zero-order valence-corrected chi connectivity index (χ0v) is 27.3. The fourth-order valence-corrected chi connectivity index (χ4v) is 3.90. The van der Waals surface area contributed by atoms with Crippen LogP contribution in [-0.4, -0.2) is 55.2 Å².